The first kappa shape index (κ1) is 20.6. The molecule has 33 heavy (non-hydrogen) atoms. The first-order chi connectivity index (χ1) is 16.1. The topological polar surface area (TPSA) is 70.7 Å². The average Bonchev–Trinajstić information content (AvgIpc) is 3.24. The van der Waals surface area contributed by atoms with Crippen LogP contribution in [0.2, 0.25) is 0 Å². The number of nitrogens with zero attached hydrogens (tertiary/aromatic N) is 2. The molecule has 0 aliphatic carbocycles. The minimum Gasteiger partial charge on any atom is -0.353 e. The van der Waals surface area contributed by atoms with Gasteiger partial charge in [-0.2, -0.15) is 0 Å². The number of aromatic nitrogens is 3. The Kier molecular flexibility index (Phi) is 5.40. The zero-order chi connectivity index (χ0) is 22.8. The Morgan fingerprint density at radius 2 is 1.70 bits per heavy atom. The summed E-state index contributed by atoms with van der Waals surface area (Å²) >= 11 is 0. The van der Waals surface area contributed by atoms with E-state index in [4.69, 9.17) is 0 Å². The van der Waals surface area contributed by atoms with Gasteiger partial charge < -0.3 is 10.3 Å². The SMILES string of the molecule is C[C@@H](C(=O)Nc1cc(-c2[nH]c3cccnc3c2-c2ccccc2)ccn1)c1ccc(F)cc1. The molecule has 2 aromatic carbocycles. The van der Waals surface area contributed by atoms with Crippen molar-refractivity contribution in [2.75, 3.05) is 5.32 Å². The van der Waals surface area contributed by atoms with Crippen LogP contribution in [0.4, 0.5) is 10.2 Å². The predicted molar refractivity (Wildman–Crippen MR) is 128 cm³/mol. The van der Waals surface area contributed by atoms with Crippen molar-refractivity contribution in [3.8, 4) is 22.4 Å². The van der Waals surface area contributed by atoms with Gasteiger partial charge >= 0.3 is 0 Å². The lowest BCUT2D eigenvalue weighted by Gasteiger charge is -2.13. The smallest absolute Gasteiger partial charge is 0.232 e. The van der Waals surface area contributed by atoms with Crippen molar-refractivity contribution in [3.63, 3.8) is 0 Å². The molecule has 2 N–H and O–H groups in total. The van der Waals surface area contributed by atoms with Crippen LogP contribution in [0.15, 0.2) is 91.3 Å². The molecular weight excluding hydrogens is 415 g/mol. The van der Waals surface area contributed by atoms with Gasteiger partial charge in [0.2, 0.25) is 5.91 Å². The number of aromatic amines is 1. The summed E-state index contributed by atoms with van der Waals surface area (Å²) in [6, 6.07) is 23.6. The maximum atomic E-state index is 13.2. The lowest BCUT2D eigenvalue weighted by Crippen LogP contribution is -2.19. The third-order valence-corrected chi connectivity index (χ3v) is 5.68. The van der Waals surface area contributed by atoms with E-state index in [2.05, 4.69) is 32.4 Å². The number of pyridine rings is 2. The van der Waals surface area contributed by atoms with Gasteiger partial charge in [-0.15, -0.1) is 0 Å². The normalized spacial score (nSPS) is 11.9. The molecule has 1 amide bonds. The zero-order valence-electron chi connectivity index (χ0n) is 17.9. The summed E-state index contributed by atoms with van der Waals surface area (Å²) in [6.45, 7) is 1.78. The van der Waals surface area contributed by atoms with E-state index < -0.39 is 5.92 Å². The van der Waals surface area contributed by atoms with Crippen molar-refractivity contribution < 1.29 is 9.18 Å². The molecule has 162 valence electrons. The first-order valence-corrected chi connectivity index (χ1v) is 10.6. The van der Waals surface area contributed by atoms with Crippen LogP contribution in [0.3, 0.4) is 0 Å². The van der Waals surface area contributed by atoms with Crippen LogP contribution in [-0.2, 0) is 4.79 Å². The fraction of sp³-hybridized carbons (Fsp3) is 0.0741. The number of hydrogen-bond donors (Lipinski definition) is 2. The maximum absolute atomic E-state index is 13.2. The van der Waals surface area contributed by atoms with E-state index in [9.17, 15) is 9.18 Å². The Bertz CT molecular complexity index is 1430. The number of fused-ring (bicyclic) bond motifs is 1. The predicted octanol–water partition coefficient (Wildman–Crippen LogP) is 6.17. The molecule has 5 nitrogen and oxygen atoms in total. The maximum Gasteiger partial charge on any atom is 0.232 e. The Morgan fingerprint density at radius 1 is 0.909 bits per heavy atom. The molecule has 0 saturated carbocycles. The quantitative estimate of drug-likeness (QED) is 0.346. The van der Waals surface area contributed by atoms with E-state index in [-0.39, 0.29) is 11.7 Å². The number of H-pyrrole nitrogens is 1. The molecule has 1 atom stereocenters. The molecule has 5 aromatic rings. The molecule has 0 spiro atoms. The van der Waals surface area contributed by atoms with Gasteiger partial charge in [0, 0.05) is 23.5 Å². The summed E-state index contributed by atoms with van der Waals surface area (Å²) in [7, 11) is 0. The fourth-order valence-corrected chi connectivity index (χ4v) is 3.92. The van der Waals surface area contributed by atoms with Crippen molar-refractivity contribution in [1.29, 1.82) is 0 Å². The van der Waals surface area contributed by atoms with Gasteiger partial charge in [-0.25, -0.2) is 9.37 Å². The van der Waals surface area contributed by atoms with Crippen LogP contribution < -0.4 is 5.32 Å². The number of benzene rings is 2. The number of anilines is 1. The van der Waals surface area contributed by atoms with Crippen molar-refractivity contribution in [3.05, 3.63) is 103 Å². The standard InChI is InChI=1S/C27H21FN4O/c1-17(18-9-11-21(28)12-10-18)27(33)32-23-16-20(13-15-29-23)25-24(19-6-3-2-4-7-19)26-22(31-25)8-5-14-30-26/h2-17,31H,1H3,(H,29,32,33)/t17-/m1/s1. The zero-order valence-corrected chi connectivity index (χ0v) is 17.9. The summed E-state index contributed by atoms with van der Waals surface area (Å²) in [4.78, 5) is 25.2. The third-order valence-electron chi connectivity index (χ3n) is 5.68. The van der Waals surface area contributed by atoms with E-state index in [0.29, 0.717) is 5.82 Å². The molecule has 3 heterocycles. The summed E-state index contributed by atoms with van der Waals surface area (Å²) in [5, 5.41) is 2.88. The Morgan fingerprint density at radius 3 is 2.48 bits per heavy atom. The number of hydrogen-bond acceptors (Lipinski definition) is 3. The summed E-state index contributed by atoms with van der Waals surface area (Å²) < 4.78 is 13.2. The highest BCUT2D eigenvalue weighted by Crippen LogP contribution is 2.37. The lowest BCUT2D eigenvalue weighted by atomic mass is 10.00. The van der Waals surface area contributed by atoms with Crippen molar-refractivity contribution in [1.82, 2.24) is 15.0 Å². The fourth-order valence-electron chi connectivity index (χ4n) is 3.92. The van der Waals surface area contributed by atoms with Crippen molar-refractivity contribution in [2.24, 2.45) is 0 Å². The minimum atomic E-state index is -0.451. The van der Waals surface area contributed by atoms with Crippen LogP contribution >= 0.6 is 0 Å². The van der Waals surface area contributed by atoms with Crippen LogP contribution in [0.1, 0.15) is 18.4 Å². The molecule has 0 fully saturated rings. The van der Waals surface area contributed by atoms with E-state index in [1.54, 1.807) is 31.5 Å². The van der Waals surface area contributed by atoms with Gasteiger partial charge in [0.25, 0.3) is 0 Å². The second kappa shape index (κ2) is 8.67. The largest absolute Gasteiger partial charge is 0.353 e. The molecule has 3 aromatic heterocycles. The monoisotopic (exact) mass is 436 g/mol. The molecular formula is C27H21FN4O. The van der Waals surface area contributed by atoms with Crippen LogP contribution in [0, 0.1) is 5.82 Å². The van der Waals surface area contributed by atoms with E-state index in [1.165, 1.54) is 12.1 Å². The number of carbonyl (C=O) groups is 1. The minimum absolute atomic E-state index is 0.215. The van der Waals surface area contributed by atoms with E-state index >= 15 is 0 Å². The molecule has 0 saturated heterocycles. The third kappa shape index (κ3) is 4.11. The van der Waals surface area contributed by atoms with Gasteiger partial charge in [0.05, 0.1) is 22.6 Å². The highest BCUT2D eigenvalue weighted by Gasteiger charge is 2.19. The van der Waals surface area contributed by atoms with Crippen LogP contribution in [-0.4, -0.2) is 20.9 Å². The van der Waals surface area contributed by atoms with Gasteiger partial charge in [0.15, 0.2) is 0 Å². The van der Waals surface area contributed by atoms with Crippen LogP contribution in [0.25, 0.3) is 33.4 Å². The molecule has 0 aliphatic rings. The average molecular weight is 436 g/mol. The molecule has 0 aliphatic heterocycles. The summed E-state index contributed by atoms with van der Waals surface area (Å²) in [6.07, 6.45) is 3.45. The number of rotatable bonds is 5. The highest BCUT2D eigenvalue weighted by atomic mass is 19.1. The van der Waals surface area contributed by atoms with Gasteiger partial charge in [-0.05, 0) is 54.4 Å². The molecule has 0 unspecified atom stereocenters. The second-order valence-electron chi connectivity index (χ2n) is 7.83. The molecule has 0 radical (unpaired) electrons. The highest BCUT2D eigenvalue weighted by molar-refractivity contribution is 6.02. The summed E-state index contributed by atoms with van der Waals surface area (Å²) in [5.41, 5.74) is 6.37. The Labute approximate surface area is 190 Å². The number of carbonyl (C=O) groups excluding carboxylic acids is 1. The second-order valence-corrected chi connectivity index (χ2v) is 7.83. The van der Waals surface area contributed by atoms with E-state index in [1.807, 2.05) is 42.5 Å². The summed E-state index contributed by atoms with van der Waals surface area (Å²) in [5.74, 6) is -0.555. The van der Waals surface area contributed by atoms with Crippen molar-refractivity contribution in [2.45, 2.75) is 12.8 Å². The van der Waals surface area contributed by atoms with E-state index in [0.717, 1.165) is 39.0 Å². The molecule has 6 heteroatoms. The van der Waals surface area contributed by atoms with Gasteiger partial charge in [-0.3, -0.25) is 9.78 Å². The molecule has 5 rings (SSSR count). The number of nitrogens with one attached hydrogen (secondary N) is 2. The molecule has 0 bridgehead atoms. The van der Waals surface area contributed by atoms with Gasteiger partial charge in [-0.1, -0.05) is 42.5 Å². The Hall–Kier alpha value is -4.32. The Balaban J connectivity index is 1.50. The number of halogens is 1. The number of amides is 1. The van der Waals surface area contributed by atoms with Crippen molar-refractivity contribution >= 4 is 22.8 Å². The van der Waals surface area contributed by atoms with Gasteiger partial charge in [0.1, 0.15) is 11.6 Å². The first-order valence-electron chi connectivity index (χ1n) is 10.6. The lowest BCUT2D eigenvalue weighted by molar-refractivity contribution is -0.117. The van der Waals surface area contributed by atoms with Crippen LogP contribution in [0.5, 0.6) is 0 Å².